The van der Waals surface area contributed by atoms with E-state index in [0.717, 1.165) is 4.47 Å². The van der Waals surface area contributed by atoms with E-state index in [2.05, 4.69) is 78.4 Å². The topological polar surface area (TPSA) is 12.0 Å². The van der Waals surface area contributed by atoms with E-state index in [0.29, 0.717) is 0 Å². The Hall–Kier alpha value is -1.12. The fourth-order valence-electron chi connectivity index (χ4n) is 2.32. The fourth-order valence-corrected chi connectivity index (χ4v) is 2.56. The molecule has 0 aliphatic heterocycles. The van der Waals surface area contributed by atoms with Gasteiger partial charge in [-0.1, -0.05) is 46.3 Å². The summed E-state index contributed by atoms with van der Waals surface area (Å²) in [5.74, 6) is 0. The fraction of sp³-hybridized carbons (Fsp3) is 0.294. The highest BCUT2D eigenvalue weighted by atomic mass is 79.9. The quantitative estimate of drug-likeness (QED) is 0.866. The maximum absolute atomic E-state index is 3.56. The van der Waals surface area contributed by atoms with E-state index in [1.54, 1.807) is 0 Å². The average molecular weight is 318 g/mol. The van der Waals surface area contributed by atoms with Crippen LogP contribution in [0.4, 0.5) is 0 Å². The molecule has 1 nitrogen and oxygen atoms in total. The first-order chi connectivity index (χ1) is 9.02. The molecule has 0 fully saturated rings. The van der Waals surface area contributed by atoms with Crippen LogP contribution in [0.15, 0.2) is 40.9 Å². The Bertz CT molecular complexity index is 538. The van der Waals surface area contributed by atoms with Crippen LogP contribution in [0, 0.1) is 20.8 Å². The summed E-state index contributed by atoms with van der Waals surface area (Å²) in [5.41, 5.74) is 6.55. The second kappa shape index (κ2) is 5.89. The second-order valence-corrected chi connectivity index (χ2v) is 5.93. The lowest BCUT2D eigenvalue weighted by atomic mass is 9.95. The molecule has 0 radical (unpaired) electrons. The lowest BCUT2D eigenvalue weighted by Gasteiger charge is -2.19. The Morgan fingerprint density at radius 2 is 1.42 bits per heavy atom. The van der Waals surface area contributed by atoms with Crippen LogP contribution in [-0.2, 0) is 0 Å². The summed E-state index contributed by atoms with van der Waals surface area (Å²) in [4.78, 5) is 0. The van der Waals surface area contributed by atoms with Crippen molar-refractivity contribution >= 4 is 15.9 Å². The first-order valence-electron chi connectivity index (χ1n) is 6.53. The van der Waals surface area contributed by atoms with Gasteiger partial charge in [0.2, 0.25) is 0 Å². The van der Waals surface area contributed by atoms with Gasteiger partial charge in [-0.05, 0) is 61.7 Å². The minimum Gasteiger partial charge on any atom is -0.309 e. The van der Waals surface area contributed by atoms with Crippen LogP contribution < -0.4 is 5.32 Å². The van der Waals surface area contributed by atoms with Crippen molar-refractivity contribution < 1.29 is 0 Å². The minimum absolute atomic E-state index is 0.242. The first kappa shape index (κ1) is 14.3. The van der Waals surface area contributed by atoms with E-state index in [1.165, 1.54) is 27.8 Å². The van der Waals surface area contributed by atoms with E-state index in [1.807, 2.05) is 7.05 Å². The maximum Gasteiger partial charge on any atom is 0.0574 e. The second-order valence-electron chi connectivity index (χ2n) is 5.07. The molecule has 1 unspecified atom stereocenters. The number of halogens is 1. The van der Waals surface area contributed by atoms with Gasteiger partial charge in [0.25, 0.3) is 0 Å². The summed E-state index contributed by atoms with van der Waals surface area (Å²) in [7, 11) is 2.01. The summed E-state index contributed by atoms with van der Waals surface area (Å²) in [6.07, 6.45) is 0. The van der Waals surface area contributed by atoms with Gasteiger partial charge in [-0.2, -0.15) is 0 Å². The molecule has 0 amide bonds. The molecule has 2 aromatic rings. The van der Waals surface area contributed by atoms with Crippen molar-refractivity contribution in [1.82, 2.24) is 5.32 Å². The van der Waals surface area contributed by atoms with E-state index in [9.17, 15) is 0 Å². The zero-order valence-corrected chi connectivity index (χ0v) is 13.5. The van der Waals surface area contributed by atoms with E-state index in [-0.39, 0.29) is 6.04 Å². The number of aryl methyl sites for hydroxylation is 3. The van der Waals surface area contributed by atoms with Gasteiger partial charge in [0.1, 0.15) is 0 Å². The molecule has 100 valence electrons. The molecule has 19 heavy (non-hydrogen) atoms. The highest BCUT2D eigenvalue weighted by Gasteiger charge is 2.13. The van der Waals surface area contributed by atoms with Gasteiger partial charge < -0.3 is 5.32 Å². The molecule has 2 rings (SSSR count). The normalized spacial score (nSPS) is 12.5. The molecule has 0 spiro atoms. The van der Waals surface area contributed by atoms with Gasteiger partial charge in [0.05, 0.1) is 6.04 Å². The van der Waals surface area contributed by atoms with Crippen LogP contribution in [0.25, 0.3) is 0 Å². The number of hydrogen-bond donors (Lipinski definition) is 1. The molecule has 2 aromatic carbocycles. The molecule has 0 saturated heterocycles. The Morgan fingerprint density at radius 1 is 0.842 bits per heavy atom. The van der Waals surface area contributed by atoms with Gasteiger partial charge in [-0.25, -0.2) is 0 Å². The first-order valence-corrected chi connectivity index (χ1v) is 7.32. The van der Waals surface area contributed by atoms with Gasteiger partial charge in [0, 0.05) is 4.47 Å². The van der Waals surface area contributed by atoms with Crippen molar-refractivity contribution in [2.24, 2.45) is 0 Å². The summed E-state index contributed by atoms with van der Waals surface area (Å²) in [5, 5.41) is 3.41. The molecule has 2 heteroatoms. The maximum atomic E-state index is 3.56. The van der Waals surface area contributed by atoms with E-state index < -0.39 is 0 Å². The Labute approximate surface area is 124 Å². The SMILES string of the molecule is CNC(c1ccc(C)c(C)c1)c1ccc(Br)c(C)c1. The lowest BCUT2D eigenvalue weighted by molar-refractivity contribution is 0.690. The molecule has 0 saturated carbocycles. The predicted molar refractivity (Wildman–Crippen MR) is 85.7 cm³/mol. The number of benzene rings is 2. The zero-order valence-electron chi connectivity index (χ0n) is 11.9. The van der Waals surface area contributed by atoms with E-state index >= 15 is 0 Å². The van der Waals surface area contributed by atoms with Crippen molar-refractivity contribution in [2.45, 2.75) is 26.8 Å². The lowest BCUT2D eigenvalue weighted by Crippen LogP contribution is -2.18. The van der Waals surface area contributed by atoms with Crippen molar-refractivity contribution in [3.63, 3.8) is 0 Å². The Kier molecular flexibility index (Phi) is 4.43. The summed E-state index contributed by atoms with van der Waals surface area (Å²) in [6, 6.07) is 13.4. The average Bonchev–Trinajstić information content (AvgIpc) is 2.39. The van der Waals surface area contributed by atoms with E-state index in [4.69, 9.17) is 0 Å². The highest BCUT2D eigenvalue weighted by Crippen LogP contribution is 2.27. The van der Waals surface area contributed by atoms with Crippen molar-refractivity contribution in [3.8, 4) is 0 Å². The van der Waals surface area contributed by atoms with Crippen LogP contribution in [0.2, 0.25) is 0 Å². The van der Waals surface area contributed by atoms with Gasteiger partial charge in [0.15, 0.2) is 0 Å². The number of hydrogen-bond acceptors (Lipinski definition) is 1. The highest BCUT2D eigenvalue weighted by molar-refractivity contribution is 9.10. The summed E-state index contributed by atoms with van der Waals surface area (Å²) in [6.45, 7) is 6.44. The van der Waals surface area contributed by atoms with Gasteiger partial charge >= 0.3 is 0 Å². The van der Waals surface area contributed by atoms with Crippen LogP contribution in [0.1, 0.15) is 33.9 Å². The minimum atomic E-state index is 0.242. The van der Waals surface area contributed by atoms with Gasteiger partial charge in [-0.15, -0.1) is 0 Å². The largest absolute Gasteiger partial charge is 0.309 e. The van der Waals surface area contributed by atoms with Crippen molar-refractivity contribution in [3.05, 3.63) is 68.7 Å². The zero-order chi connectivity index (χ0) is 14.0. The molecule has 1 N–H and O–H groups in total. The predicted octanol–water partition coefficient (Wildman–Crippen LogP) is 4.68. The van der Waals surface area contributed by atoms with Crippen LogP contribution in [-0.4, -0.2) is 7.05 Å². The van der Waals surface area contributed by atoms with Crippen LogP contribution in [0.3, 0.4) is 0 Å². The van der Waals surface area contributed by atoms with Crippen molar-refractivity contribution in [2.75, 3.05) is 7.05 Å². The third kappa shape index (κ3) is 3.07. The molecular formula is C17H20BrN. The molecule has 0 bridgehead atoms. The van der Waals surface area contributed by atoms with Crippen LogP contribution >= 0.6 is 15.9 Å². The smallest absolute Gasteiger partial charge is 0.0574 e. The summed E-state index contributed by atoms with van der Waals surface area (Å²) >= 11 is 3.56. The Morgan fingerprint density at radius 3 is 1.95 bits per heavy atom. The third-order valence-corrected chi connectivity index (χ3v) is 4.56. The Balaban J connectivity index is 2.43. The molecule has 0 aliphatic carbocycles. The monoisotopic (exact) mass is 317 g/mol. The van der Waals surface area contributed by atoms with Crippen LogP contribution in [0.5, 0.6) is 0 Å². The molecule has 1 atom stereocenters. The molecular weight excluding hydrogens is 298 g/mol. The summed E-state index contributed by atoms with van der Waals surface area (Å²) < 4.78 is 1.16. The standard InChI is InChI=1S/C17H20BrN/c1-11-5-6-14(9-12(11)2)17(19-4)15-7-8-16(18)13(3)10-15/h5-10,17,19H,1-4H3. The van der Waals surface area contributed by atoms with Crippen molar-refractivity contribution in [1.29, 1.82) is 0 Å². The third-order valence-electron chi connectivity index (χ3n) is 3.67. The number of nitrogens with one attached hydrogen (secondary N) is 1. The molecule has 0 aromatic heterocycles. The molecule has 0 aliphatic rings. The molecule has 0 heterocycles. The van der Waals surface area contributed by atoms with Gasteiger partial charge in [-0.3, -0.25) is 0 Å². The number of rotatable bonds is 3.